The van der Waals surface area contributed by atoms with E-state index in [1.54, 1.807) is 18.0 Å². The zero-order chi connectivity index (χ0) is 11.4. The van der Waals surface area contributed by atoms with Crippen molar-refractivity contribution in [3.63, 3.8) is 0 Å². The average Bonchev–Trinajstić information content (AvgIpc) is 2.33. The van der Waals surface area contributed by atoms with Crippen LogP contribution in [0.5, 0.6) is 0 Å². The lowest BCUT2D eigenvalue weighted by atomic mass is 10.3. The smallest absolute Gasteiger partial charge is 0.242 e. The number of aryl methyl sites for hydroxylation is 1. The van der Waals surface area contributed by atoms with Crippen molar-refractivity contribution >= 4 is 23.4 Å². The molecule has 4 nitrogen and oxygen atoms in total. The van der Waals surface area contributed by atoms with Crippen molar-refractivity contribution in [1.29, 1.82) is 0 Å². The summed E-state index contributed by atoms with van der Waals surface area (Å²) in [4.78, 5) is 16.0. The topological polar surface area (TPSA) is 54.0 Å². The number of pyridine rings is 1. The highest BCUT2D eigenvalue weighted by molar-refractivity contribution is 7.99. The molecule has 16 heavy (non-hydrogen) atoms. The molecule has 2 N–H and O–H groups in total. The molecule has 0 saturated carbocycles. The predicted octanol–water partition coefficient (Wildman–Crippen LogP) is 1.03. The van der Waals surface area contributed by atoms with Crippen LogP contribution in [0, 0.1) is 6.92 Å². The van der Waals surface area contributed by atoms with Gasteiger partial charge in [-0.15, -0.1) is 0 Å². The molecule has 0 radical (unpaired) electrons. The Hall–Kier alpha value is -1.07. The third kappa shape index (κ3) is 2.96. The quantitative estimate of drug-likeness (QED) is 0.807. The van der Waals surface area contributed by atoms with Crippen LogP contribution in [-0.2, 0) is 4.79 Å². The summed E-state index contributed by atoms with van der Waals surface area (Å²) in [5.41, 5.74) is 1.71. The van der Waals surface area contributed by atoms with Crippen molar-refractivity contribution in [1.82, 2.24) is 10.3 Å². The van der Waals surface area contributed by atoms with Gasteiger partial charge in [-0.2, -0.15) is 11.8 Å². The Morgan fingerprint density at radius 1 is 1.62 bits per heavy atom. The first-order valence-corrected chi connectivity index (χ1v) is 6.46. The Labute approximate surface area is 99.2 Å². The Kier molecular flexibility index (Phi) is 3.79. The number of carbonyl (C=O) groups is 1. The minimum Gasteiger partial charge on any atom is -0.323 e. The van der Waals surface area contributed by atoms with Crippen LogP contribution in [0.25, 0.3) is 0 Å². The van der Waals surface area contributed by atoms with E-state index < -0.39 is 0 Å². The molecule has 1 fully saturated rings. The molecule has 1 saturated heterocycles. The van der Waals surface area contributed by atoms with Crippen LogP contribution < -0.4 is 10.6 Å². The molecule has 1 aromatic heterocycles. The SMILES string of the molecule is Cc1ccc(NC(=O)C2CSCCN2)cn1. The molecule has 2 heterocycles. The Morgan fingerprint density at radius 2 is 2.50 bits per heavy atom. The van der Waals surface area contributed by atoms with Gasteiger partial charge in [-0.1, -0.05) is 0 Å². The Balaban J connectivity index is 1.93. The van der Waals surface area contributed by atoms with Gasteiger partial charge in [-0.05, 0) is 19.1 Å². The van der Waals surface area contributed by atoms with E-state index >= 15 is 0 Å². The fourth-order valence-corrected chi connectivity index (χ4v) is 2.44. The fourth-order valence-electron chi connectivity index (χ4n) is 1.50. The van der Waals surface area contributed by atoms with Gasteiger partial charge in [0.1, 0.15) is 0 Å². The molecule has 0 bridgehead atoms. The summed E-state index contributed by atoms with van der Waals surface area (Å²) < 4.78 is 0. The molecule has 1 aliphatic rings. The molecule has 2 rings (SSSR count). The third-order valence-electron chi connectivity index (χ3n) is 2.42. The molecule has 1 unspecified atom stereocenters. The normalized spacial score (nSPS) is 20.4. The van der Waals surface area contributed by atoms with Crippen molar-refractivity contribution < 1.29 is 4.79 Å². The summed E-state index contributed by atoms with van der Waals surface area (Å²) in [6.07, 6.45) is 1.68. The van der Waals surface area contributed by atoms with Crippen LogP contribution in [0.3, 0.4) is 0 Å². The Bertz CT molecular complexity index is 360. The molecule has 1 aromatic rings. The maximum Gasteiger partial charge on any atom is 0.242 e. The number of hydrogen-bond acceptors (Lipinski definition) is 4. The van der Waals surface area contributed by atoms with E-state index in [-0.39, 0.29) is 11.9 Å². The van der Waals surface area contributed by atoms with Crippen molar-refractivity contribution in [3.8, 4) is 0 Å². The van der Waals surface area contributed by atoms with E-state index in [4.69, 9.17) is 0 Å². The minimum atomic E-state index is -0.0833. The highest BCUT2D eigenvalue weighted by atomic mass is 32.2. The van der Waals surface area contributed by atoms with Crippen LogP contribution >= 0.6 is 11.8 Å². The second-order valence-corrected chi connectivity index (χ2v) is 4.91. The van der Waals surface area contributed by atoms with Crippen LogP contribution in [0.4, 0.5) is 5.69 Å². The fraction of sp³-hybridized carbons (Fsp3) is 0.455. The molecule has 1 aliphatic heterocycles. The molecule has 0 spiro atoms. The number of hydrogen-bond donors (Lipinski definition) is 2. The third-order valence-corrected chi connectivity index (χ3v) is 3.48. The number of nitrogens with zero attached hydrogens (tertiary/aromatic N) is 1. The summed E-state index contributed by atoms with van der Waals surface area (Å²) in [5, 5.41) is 6.06. The molecule has 1 atom stereocenters. The lowest BCUT2D eigenvalue weighted by Crippen LogP contribution is -2.46. The number of nitrogens with one attached hydrogen (secondary N) is 2. The maximum absolute atomic E-state index is 11.8. The number of aromatic nitrogens is 1. The molecule has 0 aliphatic carbocycles. The van der Waals surface area contributed by atoms with Gasteiger partial charge in [0.05, 0.1) is 17.9 Å². The van der Waals surface area contributed by atoms with Gasteiger partial charge in [0.2, 0.25) is 5.91 Å². The predicted molar refractivity (Wildman–Crippen MR) is 66.7 cm³/mol. The van der Waals surface area contributed by atoms with Crippen LogP contribution in [-0.4, -0.2) is 35.0 Å². The first kappa shape index (κ1) is 11.4. The number of amides is 1. The van der Waals surface area contributed by atoms with Gasteiger partial charge in [0.25, 0.3) is 0 Å². The zero-order valence-electron chi connectivity index (χ0n) is 9.19. The number of thioether (sulfide) groups is 1. The molecule has 86 valence electrons. The van der Waals surface area contributed by atoms with Crippen LogP contribution in [0.1, 0.15) is 5.69 Å². The lowest BCUT2D eigenvalue weighted by molar-refractivity contribution is -0.117. The van der Waals surface area contributed by atoms with E-state index in [9.17, 15) is 4.79 Å². The van der Waals surface area contributed by atoms with Gasteiger partial charge in [0, 0.05) is 23.7 Å². The van der Waals surface area contributed by atoms with E-state index in [0.717, 1.165) is 29.4 Å². The van der Waals surface area contributed by atoms with Crippen molar-refractivity contribution in [2.75, 3.05) is 23.4 Å². The maximum atomic E-state index is 11.8. The standard InChI is InChI=1S/C11H15N3OS/c1-8-2-3-9(6-13-8)14-11(15)10-7-16-5-4-12-10/h2-3,6,10,12H,4-5,7H2,1H3,(H,14,15). The molecule has 1 amide bonds. The Morgan fingerprint density at radius 3 is 3.12 bits per heavy atom. The number of carbonyl (C=O) groups excluding carboxylic acids is 1. The first-order chi connectivity index (χ1) is 7.75. The van der Waals surface area contributed by atoms with Gasteiger partial charge < -0.3 is 10.6 Å². The second kappa shape index (κ2) is 5.32. The lowest BCUT2D eigenvalue weighted by Gasteiger charge is -2.22. The molecule has 5 heteroatoms. The second-order valence-electron chi connectivity index (χ2n) is 3.76. The first-order valence-electron chi connectivity index (χ1n) is 5.30. The number of anilines is 1. The average molecular weight is 237 g/mol. The van der Waals surface area contributed by atoms with Gasteiger partial charge in [-0.3, -0.25) is 9.78 Å². The van der Waals surface area contributed by atoms with E-state index in [2.05, 4.69) is 15.6 Å². The van der Waals surface area contributed by atoms with E-state index in [1.165, 1.54) is 0 Å². The van der Waals surface area contributed by atoms with Crippen LogP contribution in [0.15, 0.2) is 18.3 Å². The van der Waals surface area contributed by atoms with Gasteiger partial charge >= 0.3 is 0 Å². The molecular weight excluding hydrogens is 222 g/mol. The largest absolute Gasteiger partial charge is 0.323 e. The summed E-state index contributed by atoms with van der Waals surface area (Å²) in [5.74, 6) is 1.94. The summed E-state index contributed by atoms with van der Waals surface area (Å²) >= 11 is 1.81. The number of rotatable bonds is 2. The minimum absolute atomic E-state index is 0.0258. The van der Waals surface area contributed by atoms with Gasteiger partial charge in [-0.25, -0.2) is 0 Å². The summed E-state index contributed by atoms with van der Waals surface area (Å²) in [6.45, 7) is 2.82. The summed E-state index contributed by atoms with van der Waals surface area (Å²) in [6, 6.07) is 3.68. The molecular formula is C11H15N3OS. The van der Waals surface area contributed by atoms with Crippen molar-refractivity contribution in [3.05, 3.63) is 24.0 Å². The van der Waals surface area contributed by atoms with Crippen molar-refractivity contribution in [2.45, 2.75) is 13.0 Å². The zero-order valence-corrected chi connectivity index (χ0v) is 10.0. The van der Waals surface area contributed by atoms with Crippen molar-refractivity contribution in [2.24, 2.45) is 0 Å². The highest BCUT2D eigenvalue weighted by Crippen LogP contribution is 2.11. The molecule has 0 aromatic carbocycles. The summed E-state index contributed by atoms with van der Waals surface area (Å²) in [7, 11) is 0. The van der Waals surface area contributed by atoms with Gasteiger partial charge in [0.15, 0.2) is 0 Å². The van der Waals surface area contributed by atoms with Crippen LogP contribution in [0.2, 0.25) is 0 Å². The van der Waals surface area contributed by atoms with E-state index in [1.807, 2.05) is 19.1 Å². The van der Waals surface area contributed by atoms with E-state index in [0.29, 0.717) is 0 Å². The monoisotopic (exact) mass is 237 g/mol. The highest BCUT2D eigenvalue weighted by Gasteiger charge is 2.20.